The van der Waals surface area contributed by atoms with Crippen LogP contribution in [0, 0.1) is 11.3 Å². The summed E-state index contributed by atoms with van der Waals surface area (Å²) in [4.78, 5) is 12.4. The van der Waals surface area contributed by atoms with Crippen molar-refractivity contribution >= 4 is 17.6 Å². The number of hydrogen-bond acceptors (Lipinski definition) is 5. The second kappa shape index (κ2) is 7.21. The first-order chi connectivity index (χ1) is 11.0. The number of hydrogen-bond donors (Lipinski definition) is 1. The summed E-state index contributed by atoms with van der Waals surface area (Å²) in [5.41, 5.74) is 7.03. The zero-order valence-corrected chi connectivity index (χ0v) is 13.7. The van der Waals surface area contributed by atoms with Crippen molar-refractivity contribution in [2.75, 3.05) is 6.61 Å². The topological polar surface area (TPSA) is 85.3 Å². The lowest BCUT2D eigenvalue weighted by Gasteiger charge is -2.27. The molecule has 0 saturated carbocycles. The predicted molar refractivity (Wildman–Crippen MR) is 86.1 cm³/mol. The van der Waals surface area contributed by atoms with Crippen LogP contribution in [0.4, 0.5) is 0 Å². The Morgan fingerprint density at radius 3 is 2.78 bits per heavy atom. The molecular formula is C17H17ClN2O3. The van der Waals surface area contributed by atoms with Gasteiger partial charge in [-0.1, -0.05) is 30.7 Å². The maximum atomic E-state index is 12.4. The Hall–Kier alpha value is -2.45. The van der Waals surface area contributed by atoms with E-state index >= 15 is 0 Å². The number of allylic oxidation sites excluding steroid dienone is 2. The number of ether oxygens (including phenoxy) is 2. The summed E-state index contributed by atoms with van der Waals surface area (Å²) in [6, 6.07) is 9.01. The van der Waals surface area contributed by atoms with Crippen molar-refractivity contribution < 1.29 is 14.3 Å². The largest absolute Gasteiger partial charge is 0.463 e. The molecule has 1 aromatic rings. The lowest BCUT2D eigenvalue weighted by Crippen LogP contribution is -2.26. The van der Waals surface area contributed by atoms with Crippen LogP contribution in [0.2, 0.25) is 5.02 Å². The normalized spacial score (nSPS) is 17.6. The van der Waals surface area contributed by atoms with Gasteiger partial charge in [0.05, 0.1) is 18.1 Å². The highest BCUT2D eigenvalue weighted by atomic mass is 35.5. The number of nitriles is 1. The minimum absolute atomic E-state index is 0.00220. The number of nitrogens with two attached hydrogens (primary N) is 1. The molecule has 0 aromatic heterocycles. The fourth-order valence-electron chi connectivity index (χ4n) is 2.53. The average Bonchev–Trinajstić information content (AvgIpc) is 2.53. The SMILES string of the molecule is CCOC(=O)C1=C(CC)OC(N)=C(C#N)C1c1cccc(Cl)c1. The number of benzene rings is 1. The monoisotopic (exact) mass is 332 g/mol. The van der Waals surface area contributed by atoms with Gasteiger partial charge >= 0.3 is 5.97 Å². The van der Waals surface area contributed by atoms with Crippen molar-refractivity contribution in [3.63, 3.8) is 0 Å². The smallest absolute Gasteiger partial charge is 0.338 e. The molecule has 0 bridgehead atoms. The van der Waals surface area contributed by atoms with Gasteiger partial charge < -0.3 is 15.2 Å². The summed E-state index contributed by atoms with van der Waals surface area (Å²) >= 11 is 6.06. The van der Waals surface area contributed by atoms with Crippen LogP contribution in [0.25, 0.3) is 0 Å². The minimum Gasteiger partial charge on any atom is -0.463 e. The molecule has 1 atom stereocenters. The minimum atomic E-state index is -0.651. The second-order valence-electron chi connectivity index (χ2n) is 4.89. The maximum absolute atomic E-state index is 12.4. The van der Waals surface area contributed by atoms with E-state index in [1.807, 2.05) is 13.0 Å². The summed E-state index contributed by atoms with van der Waals surface area (Å²) < 4.78 is 10.6. The number of halogens is 1. The molecule has 1 aliphatic heterocycles. The fourth-order valence-corrected chi connectivity index (χ4v) is 2.73. The van der Waals surface area contributed by atoms with Gasteiger partial charge in [0.15, 0.2) is 0 Å². The van der Waals surface area contributed by atoms with Gasteiger partial charge in [-0.25, -0.2) is 4.79 Å². The lowest BCUT2D eigenvalue weighted by atomic mass is 9.82. The zero-order valence-electron chi connectivity index (χ0n) is 12.9. The van der Waals surface area contributed by atoms with Crippen LogP contribution in [-0.4, -0.2) is 12.6 Å². The number of esters is 1. The molecule has 2 N–H and O–H groups in total. The first-order valence-electron chi connectivity index (χ1n) is 7.26. The Morgan fingerprint density at radius 1 is 1.48 bits per heavy atom. The molecule has 0 saturated heterocycles. The Balaban J connectivity index is 2.66. The van der Waals surface area contributed by atoms with E-state index in [0.29, 0.717) is 28.3 Å². The third-order valence-corrected chi connectivity index (χ3v) is 3.73. The van der Waals surface area contributed by atoms with Crippen LogP contribution >= 0.6 is 11.6 Å². The van der Waals surface area contributed by atoms with Crippen molar-refractivity contribution in [2.24, 2.45) is 5.73 Å². The van der Waals surface area contributed by atoms with Gasteiger partial charge in [0, 0.05) is 11.4 Å². The highest BCUT2D eigenvalue weighted by Gasteiger charge is 2.37. The molecule has 6 heteroatoms. The van der Waals surface area contributed by atoms with Gasteiger partial charge in [-0.05, 0) is 24.6 Å². The van der Waals surface area contributed by atoms with Crippen molar-refractivity contribution in [1.29, 1.82) is 5.26 Å². The van der Waals surface area contributed by atoms with Crippen LogP contribution in [0.1, 0.15) is 31.7 Å². The van der Waals surface area contributed by atoms with Crippen LogP contribution in [0.5, 0.6) is 0 Å². The second-order valence-corrected chi connectivity index (χ2v) is 5.33. The molecule has 0 fully saturated rings. The summed E-state index contributed by atoms with van der Waals surface area (Å²) in [5, 5.41) is 9.98. The Kier molecular flexibility index (Phi) is 5.30. The maximum Gasteiger partial charge on any atom is 0.338 e. The number of rotatable bonds is 4. The summed E-state index contributed by atoms with van der Waals surface area (Å²) in [7, 11) is 0. The summed E-state index contributed by atoms with van der Waals surface area (Å²) in [6.45, 7) is 3.79. The molecule has 2 rings (SSSR count). The van der Waals surface area contributed by atoms with Crippen molar-refractivity contribution in [3.05, 3.63) is 57.6 Å². The van der Waals surface area contributed by atoms with E-state index in [1.54, 1.807) is 31.2 Å². The Bertz CT molecular complexity index is 732. The Labute approximate surface area is 139 Å². The van der Waals surface area contributed by atoms with Crippen LogP contribution in [0.15, 0.2) is 47.1 Å². The van der Waals surface area contributed by atoms with Gasteiger partial charge in [0.25, 0.3) is 0 Å². The molecular weight excluding hydrogens is 316 g/mol. The van der Waals surface area contributed by atoms with Crippen LogP contribution in [0.3, 0.4) is 0 Å². The number of nitrogens with zero attached hydrogens (tertiary/aromatic N) is 1. The van der Waals surface area contributed by atoms with E-state index in [4.69, 9.17) is 26.8 Å². The number of carbonyl (C=O) groups is 1. The van der Waals surface area contributed by atoms with Gasteiger partial charge in [0.1, 0.15) is 17.4 Å². The summed E-state index contributed by atoms with van der Waals surface area (Å²) in [5.74, 6) is -0.761. The van der Waals surface area contributed by atoms with Gasteiger partial charge in [-0.15, -0.1) is 0 Å². The highest BCUT2D eigenvalue weighted by molar-refractivity contribution is 6.30. The molecule has 1 unspecified atom stereocenters. The van der Waals surface area contributed by atoms with Crippen LogP contribution in [-0.2, 0) is 14.3 Å². The molecule has 0 aliphatic carbocycles. The molecule has 5 nitrogen and oxygen atoms in total. The highest BCUT2D eigenvalue weighted by Crippen LogP contribution is 2.40. The molecule has 0 spiro atoms. The van der Waals surface area contributed by atoms with Gasteiger partial charge in [-0.2, -0.15) is 5.26 Å². The molecule has 1 aliphatic rings. The van der Waals surface area contributed by atoms with E-state index < -0.39 is 11.9 Å². The van der Waals surface area contributed by atoms with E-state index in [0.717, 1.165) is 0 Å². The summed E-state index contributed by atoms with van der Waals surface area (Å²) in [6.07, 6.45) is 0.449. The zero-order chi connectivity index (χ0) is 17.0. The predicted octanol–water partition coefficient (Wildman–Crippen LogP) is 3.37. The number of carbonyl (C=O) groups excluding carboxylic acids is 1. The third kappa shape index (κ3) is 3.33. The lowest BCUT2D eigenvalue weighted by molar-refractivity contribution is -0.139. The molecule has 23 heavy (non-hydrogen) atoms. The molecule has 0 radical (unpaired) electrons. The third-order valence-electron chi connectivity index (χ3n) is 3.50. The Morgan fingerprint density at radius 2 is 2.22 bits per heavy atom. The van der Waals surface area contributed by atoms with Crippen molar-refractivity contribution in [3.8, 4) is 6.07 Å². The quantitative estimate of drug-likeness (QED) is 0.854. The molecule has 120 valence electrons. The van der Waals surface area contributed by atoms with E-state index in [9.17, 15) is 10.1 Å². The van der Waals surface area contributed by atoms with E-state index in [1.165, 1.54) is 0 Å². The molecule has 1 heterocycles. The molecule has 1 aromatic carbocycles. The van der Waals surface area contributed by atoms with Crippen molar-refractivity contribution in [1.82, 2.24) is 0 Å². The van der Waals surface area contributed by atoms with E-state index in [2.05, 4.69) is 0 Å². The van der Waals surface area contributed by atoms with Crippen molar-refractivity contribution in [2.45, 2.75) is 26.2 Å². The van der Waals surface area contributed by atoms with Gasteiger partial charge in [-0.3, -0.25) is 0 Å². The first-order valence-corrected chi connectivity index (χ1v) is 7.64. The van der Waals surface area contributed by atoms with E-state index in [-0.39, 0.29) is 18.1 Å². The fraction of sp³-hybridized carbons (Fsp3) is 0.294. The average molecular weight is 333 g/mol. The molecule has 0 amide bonds. The van der Waals surface area contributed by atoms with Crippen LogP contribution < -0.4 is 5.73 Å². The first kappa shape index (κ1) is 16.9. The standard InChI is InChI=1S/C17H17ClN2O3/c1-3-13-15(17(21)22-4-2)14(12(9-19)16(20)23-13)10-6-5-7-11(18)8-10/h5-8,14H,3-4,20H2,1-2H3. The van der Waals surface area contributed by atoms with Gasteiger partial charge in [0.2, 0.25) is 5.88 Å².